The first-order valence-corrected chi connectivity index (χ1v) is 7.80. The third-order valence-corrected chi connectivity index (χ3v) is 4.62. The second kappa shape index (κ2) is 5.53. The van der Waals surface area contributed by atoms with Gasteiger partial charge in [0.05, 0.1) is 5.69 Å². The fourth-order valence-corrected chi connectivity index (χ4v) is 3.65. The van der Waals surface area contributed by atoms with Crippen LogP contribution in [0.3, 0.4) is 0 Å². The van der Waals surface area contributed by atoms with Crippen molar-refractivity contribution in [3.05, 3.63) is 11.9 Å². The lowest BCUT2D eigenvalue weighted by atomic mass is 9.90. The Morgan fingerprint density at radius 1 is 1.37 bits per heavy atom. The van der Waals surface area contributed by atoms with Gasteiger partial charge in [-0.25, -0.2) is 4.98 Å². The largest absolute Gasteiger partial charge is 0.342 e. The van der Waals surface area contributed by atoms with E-state index in [1.54, 1.807) is 0 Å². The van der Waals surface area contributed by atoms with Gasteiger partial charge in [0, 0.05) is 31.9 Å². The predicted molar refractivity (Wildman–Crippen MR) is 78.6 cm³/mol. The Balaban J connectivity index is 1.73. The van der Waals surface area contributed by atoms with Gasteiger partial charge in [-0.3, -0.25) is 0 Å². The minimum atomic E-state index is 0.744. The van der Waals surface area contributed by atoms with Crippen LogP contribution in [-0.2, 0) is 6.54 Å². The number of nitrogens with one attached hydrogen (secondary N) is 1. The molecule has 1 aromatic heterocycles. The Morgan fingerprint density at radius 3 is 3.00 bits per heavy atom. The average molecular weight is 262 g/mol. The van der Waals surface area contributed by atoms with Crippen molar-refractivity contribution in [2.75, 3.05) is 24.5 Å². The number of anilines is 1. The summed E-state index contributed by atoms with van der Waals surface area (Å²) in [6.45, 7) is 8.86. The van der Waals surface area contributed by atoms with Gasteiger partial charge in [0.1, 0.15) is 0 Å². The quantitative estimate of drug-likeness (QED) is 0.906. The van der Waals surface area contributed by atoms with Crippen LogP contribution in [0.4, 0.5) is 5.95 Å². The normalized spacial score (nSPS) is 28.0. The van der Waals surface area contributed by atoms with Gasteiger partial charge < -0.3 is 14.8 Å². The monoisotopic (exact) mass is 262 g/mol. The molecule has 1 N–H and O–H groups in total. The first kappa shape index (κ1) is 13.0. The third-order valence-electron chi connectivity index (χ3n) is 4.62. The molecule has 2 aliphatic rings. The minimum Gasteiger partial charge on any atom is -0.342 e. The van der Waals surface area contributed by atoms with Crippen LogP contribution in [0.2, 0.25) is 0 Å². The van der Waals surface area contributed by atoms with Gasteiger partial charge in [-0.1, -0.05) is 0 Å². The third kappa shape index (κ3) is 2.64. The number of nitrogens with zero attached hydrogens (tertiary/aromatic N) is 3. The fourth-order valence-electron chi connectivity index (χ4n) is 3.65. The zero-order valence-electron chi connectivity index (χ0n) is 12.2. The molecule has 3 heterocycles. The molecule has 3 rings (SSSR count). The lowest BCUT2D eigenvalue weighted by molar-refractivity contribution is 0.325. The second-order valence-corrected chi connectivity index (χ2v) is 6.02. The molecule has 19 heavy (non-hydrogen) atoms. The first-order chi connectivity index (χ1) is 9.28. The maximum Gasteiger partial charge on any atom is 0.205 e. The van der Waals surface area contributed by atoms with Crippen LogP contribution in [0.5, 0.6) is 0 Å². The van der Waals surface area contributed by atoms with E-state index >= 15 is 0 Å². The fraction of sp³-hybridized carbons (Fsp3) is 0.800. The predicted octanol–water partition coefficient (Wildman–Crippen LogP) is 2.18. The molecule has 106 valence electrons. The van der Waals surface area contributed by atoms with Gasteiger partial charge in [-0.05, 0) is 52.0 Å². The van der Waals surface area contributed by atoms with E-state index in [9.17, 15) is 0 Å². The summed E-state index contributed by atoms with van der Waals surface area (Å²) < 4.78 is 2.29. The summed E-state index contributed by atoms with van der Waals surface area (Å²) in [6, 6.07) is 0.744. The van der Waals surface area contributed by atoms with Crippen LogP contribution < -0.4 is 10.2 Å². The van der Waals surface area contributed by atoms with E-state index < -0.39 is 0 Å². The van der Waals surface area contributed by atoms with Crippen LogP contribution in [0.25, 0.3) is 0 Å². The molecule has 0 saturated carbocycles. The highest BCUT2D eigenvalue weighted by Crippen LogP contribution is 2.27. The molecule has 4 nitrogen and oxygen atoms in total. The number of hydrogen-bond donors (Lipinski definition) is 1. The molecule has 2 unspecified atom stereocenters. The molecule has 0 bridgehead atoms. The number of aryl methyl sites for hydroxylation is 2. The highest BCUT2D eigenvalue weighted by atomic mass is 15.3. The summed E-state index contributed by atoms with van der Waals surface area (Å²) in [5, 5.41) is 3.68. The average Bonchev–Trinajstić information content (AvgIpc) is 3.07. The Hall–Kier alpha value is -1.03. The van der Waals surface area contributed by atoms with Gasteiger partial charge in [-0.15, -0.1) is 0 Å². The number of aromatic nitrogens is 2. The van der Waals surface area contributed by atoms with Crippen molar-refractivity contribution >= 4 is 5.95 Å². The van der Waals surface area contributed by atoms with Crippen molar-refractivity contribution in [1.29, 1.82) is 0 Å². The highest BCUT2D eigenvalue weighted by molar-refractivity contribution is 5.34. The van der Waals surface area contributed by atoms with Crippen LogP contribution in [-0.4, -0.2) is 35.2 Å². The maximum absolute atomic E-state index is 4.73. The van der Waals surface area contributed by atoms with Crippen molar-refractivity contribution in [1.82, 2.24) is 14.9 Å². The first-order valence-electron chi connectivity index (χ1n) is 7.80. The maximum atomic E-state index is 4.73. The highest BCUT2D eigenvalue weighted by Gasteiger charge is 2.30. The molecule has 2 saturated heterocycles. The van der Waals surface area contributed by atoms with E-state index in [-0.39, 0.29) is 0 Å². The number of piperidine rings is 1. The van der Waals surface area contributed by atoms with Crippen molar-refractivity contribution in [3.8, 4) is 0 Å². The van der Waals surface area contributed by atoms with Crippen molar-refractivity contribution in [3.63, 3.8) is 0 Å². The summed E-state index contributed by atoms with van der Waals surface area (Å²) >= 11 is 0. The Kier molecular flexibility index (Phi) is 3.78. The number of hydrogen-bond acceptors (Lipinski definition) is 3. The molecule has 4 heteroatoms. The van der Waals surface area contributed by atoms with Gasteiger partial charge >= 0.3 is 0 Å². The van der Waals surface area contributed by atoms with E-state index in [1.807, 2.05) is 0 Å². The zero-order valence-corrected chi connectivity index (χ0v) is 12.2. The topological polar surface area (TPSA) is 33.1 Å². The van der Waals surface area contributed by atoms with E-state index in [0.717, 1.165) is 24.2 Å². The standard InChI is InChI=1S/C15H26N4/c1-3-18-10-12(2)17-15(18)19-9-5-6-13(11-19)14-7-4-8-16-14/h10,13-14,16H,3-9,11H2,1-2H3. The summed E-state index contributed by atoms with van der Waals surface area (Å²) in [5.41, 5.74) is 1.14. The lowest BCUT2D eigenvalue weighted by Crippen LogP contribution is -2.44. The van der Waals surface area contributed by atoms with E-state index in [2.05, 4.69) is 34.8 Å². The molecular weight excluding hydrogens is 236 g/mol. The smallest absolute Gasteiger partial charge is 0.205 e. The molecule has 0 amide bonds. The molecule has 1 aromatic rings. The van der Waals surface area contributed by atoms with Crippen LogP contribution in [0, 0.1) is 12.8 Å². The molecule has 0 spiro atoms. The number of imidazole rings is 1. The van der Waals surface area contributed by atoms with E-state index in [1.165, 1.54) is 51.3 Å². The SMILES string of the molecule is CCn1cc(C)nc1N1CCCC(C2CCCN2)C1. The Bertz CT molecular complexity index is 420. The molecular formula is C15H26N4. The second-order valence-electron chi connectivity index (χ2n) is 6.02. The summed E-state index contributed by atoms with van der Waals surface area (Å²) in [4.78, 5) is 7.24. The van der Waals surface area contributed by atoms with Crippen LogP contribution >= 0.6 is 0 Å². The summed E-state index contributed by atoms with van der Waals surface area (Å²) in [5.74, 6) is 1.99. The van der Waals surface area contributed by atoms with Gasteiger partial charge in [0.25, 0.3) is 0 Å². The molecule has 0 aromatic carbocycles. The van der Waals surface area contributed by atoms with Gasteiger partial charge in [0.15, 0.2) is 0 Å². The van der Waals surface area contributed by atoms with Crippen LogP contribution in [0.15, 0.2) is 6.20 Å². The van der Waals surface area contributed by atoms with E-state index in [4.69, 9.17) is 4.98 Å². The Labute approximate surface area is 116 Å². The van der Waals surface area contributed by atoms with Gasteiger partial charge in [0.2, 0.25) is 5.95 Å². The molecule has 0 radical (unpaired) electrons. The van der Waals surface area contributed by atoms with Gasteiger partial charge in [-0.2, -0.15) is 0 Å². The molecule has 2 atom stereocenters. The zero-order chi connectivity index (χ0) is 13.2. The number of rotatable bonds is 3. The Morgan fingerprint density at radius 2 is 2.26 bits per heavy atom. The summed E-state index contributed by atoms with van der Waals surface area (Å²) in [7, 11) is 0. The van der Waals surface area contributed by atoms with Crippen molar-refractivity contribution in [2.24, 2.45) is 5.92 Å². The molecule has 2 aliphatic heterocycles. The van der Waals surface area contributed by atoms with E-state index in [0.29, 0.717) is 0 Å². The minimum absolute atomic E-state index is 0.744. The summed E-state index contributed by atoms with van der Waals surface area (Å²) in [6.07, 6.45) is 7.56. The van der Waals surface area contributed by atoms with Crippen molar-refractivity contribution in [2.45, 2.75) is 52.1 Å². The molecule has 0 aliphatic carbocycles. The molecule has 2 fully saturated rings. The van der Waals surface area contributed by atoms with Crippen molar-refractivity contribution < 1.29 is 0 Å². The lowest BCUT2D eigenvalue weighted by Gasteiger charge is -2.36. The van der Waals surface area contributed by atoms with Crippen LogP contribution in [0.1, 0.15) is 38.3 Å².